The average molecular weight is 240 g/mol. The van der Waals surface area contributed by atoms with Crippen LogP contribution in [-0.4, -0.2) is 31.6 Å². The van der Waals surface area contributed by atoms with E-state index in [0.29, 0.717) is 6.54 Å². The monoisotopic (exact) mass is 240 g/mol. The highest BCUT2D eigenvalue weighted by Crippen LogP contribution is 2.22. The molecule has 0 aromatic heterocycles. The van der Waals surface area contributed by atoms with Gasteiger partial charge in [0, 0.05) is 12.6 Å². The molecule has 1 unspecified atom stereocenters. The van der Waals surface area contributed by atoms with E-state index < -0.39 is 0 Å². The molecule has 0 bridgehead atoms. The van der Waals surface area contributed by atoms with Crippen molar-refractivity contribution in [2.24, 2.45) is 5.73 Å². The number of rotatable bonds is 5. The number of likely N-dealkylation sites (N-methyl/N-ethyl adjacent to an activating group) is 1. The summed E-state index contributed by atoms with van der Waals surface area (Å²) in [6, 6.07) is 4.72. The molecule has 3 nitrogen and oxygen atoms in total. The minimum Gasteiger partial charge on any atom is -0.488 e. The molecule has 96 valence electrons. The fraction of sp³-hybridized carbons (Fsp3) is 0.538. The van der Waals surface area contributed by atoms with Gasteiger partial charge in [-0.1, -0.05) is 6.07 Å². The first kappa shape index (κ1) is 13.9. The highest BCUT2D eigenvalue weighted by Gasteiger charge is 2.11. The second kappa shape index (κ2) is 5.98. The van der Waals surface area contributed by atoms with Crippen LogP contribution in [0.2, 0.25) is 0 Å². The molecule has 0 aliphatic rings. The van der Waals surface area contributed by atoms with E-state index in [9.17, 15) is 4.39 Å². The number of ether oxygens (including phenoxy) is 1. The maximum atomic E-state index is 13.7. The summed E-state index contributed by atoms with van der Waals surface area (Å²) in [5, 5.41) is 0. The third kappa shape index (κ3) is 4.32. The molecule has 2 N–H and O–H groups in total. The standard InChI is InChI=1S/C13H21FN2O/c1-9(2)17-13-6-5-10(7-11(13)14)12(15)8-16(3)4/h5-7,9,12H,8,15H2,1-4H3. The van der Waals surface area contributed by atoms with E-state index in [4.69, 9.17) is 10.5 Å². The quantitative estimate of drug-likeness (QED) is 0.857. The lowest BCUT2D eigenvalue weighted by molar-refractivity contribution is 0.231. The zero-order chi connectivity index (χ0) is 13.0. The molecule has 1 rings (SSSR count). The van der Waals surface area contributed by atoms with Gasteiger partial charge in [0.15, 0.2) is 11.6 Å². The summed E-state index contributed by atoms with van der Waals surface area (Å²) in [5.41, 5.74) is 6.75. The smallest absolute Gasteiger partial charge is 0.165 e. The summed E-state index contributed by atoms with van der Waals surface area (Å²) in [5.74, 6) is -0.0776. The van der Waals surface area contributed by atoms with Crippen LogP contribution in [0.5, 0.6) is 5.75 Å². The van der Waals surface area contributed by atoms with Gasteiger partial charge >= 0.3 is 0 Å². The van der Waals surface area contributed by atoms with E-state index in [-0.39, 0.29) is 23.7 Å². The largest absolute Gasteiger partial charge is 0.488 e. The van der Waals surface area contributed by atoms with E-state index in [0.717, 1.165) is 5.56 Å². The average Bonchev–Trinajstić information content (AvgIpc) is 2.19. The summed E-state index contributed by atoms with van der Waals surface area (Å²) in [7, 11) is 3.87. The van der Waals surface area contributed by atoms with Gasteiger partial charge in [0.2, 0.25) is 0 Å². The molecule has 0 radical (unpaired) electrons. The van der Waals surface area contributed by atoms with Crippen LogP contribution in [0.3, 0.4) is 0 Å². The second-order valence-electron chi connectivity index (χ2n) is 4.73. The molecule has 0 spiro atoms. The lowest BCUT2D eigenvalue weighted by atomic mass is 10.1. The fourth-order valence-corrected chi connectivity index (χ4v) is 1.60. The third-order valence-corrected chi connectivity index (χ3v) is 2.31. The molecule has 0 fully saturated rings. The molecule has 0 aliphatic heterocycles. The van der Waals surface area contributed by atoms with Crippen LogP contribution in [0.1, 0.15) is 25.5 Å². The number of hydrogen-bond acceptors (Lipinski definition) is 3. The normalized spacial score (nSPS) is 13.2. The summed E-state index contributed by atoms with van der Waals surface area (Å²) < 4.78 is 19.0. The van der Waals surface area contributed by atoms with Crippen molar-refractivity contribution in [1.82, 2.24) is 4.90 Å². The van der Waals surface area contributed by atoms with Gasteiger partial charge in [-0.3, -0.25) is 0 Å². The van der Waals surface area contributed by atoms with E-state index >= 15 is 0 Å². The molecule has 0 heterocycles. The summed E-state index contributed by atoms with van der Waals surface area (Å²) in [6.45, 7) is 4.42. The van der Waals surface area contributed by atoms with E-state index in [1.54, 1.807) is 6.07 Å². The molecule has 17 heavy (non-hydrogen) atoms. The number of nitrogens with two attached hydrogens (primary N) is 1. The van der Waals surface area contributed by atoms with Gasteiger partial charge in [-0.05, 0) is 45.6 Å². The Bertz CT molecular complexity index is 366. The second-order valence-corrected chi connectivity index (χ2v) is 4.73. The number of hydrogen-bond donors (Lipinski definition) is 1. The minimum atomic E-state index is -0.356. The third-order valence-electron chi connectivity index (χ3n) is 2.31. The zero-order valence-corrected chi connectivity index (χ0v) is 10.9. The van der Waals surface area contributed by atoms with E-state index in [1.165, 1.54) is 6.07 Å². The molecule has 1 aromatic rings. The minimum absolute atomic E-state index is 0.0363. The van der Waals surface area contributed by atoms with Crippen LogP contribution in [0, 0.1) is 5.82 Å². The summed E-state index contributed by atoms with van der Waals surface area (Å²) in [6.07, 6.45) is -0.0363. The Hall–Kier alpha value is -1.13. The van der Waals surface area contributed by atoms with Crippen molar-refractivity contribution in [3.05, 3.63) is 29.6 Å². The van der Waals surface area contributed by atoms with Crippen LogP contribution < -0.4 is 10.5 Å². The summed E-state index contributed by atoms with van der Waals surface area (Å²) >= 11 is 0. The Morgan fingerprint density at radius 3 is 2.47 bits per heavy atom. The topological polar surface area (TPSA) is 38.5 Å². The number of benzene rings is 1. The van der Waals surface area contributed by atoms with Crippen molar-refractivity contribution in [3.8, 4) is 5.75 Å². The molecule has 4 heteroatoms. The van der Waals surface area contributed by atoms with Crippen LogP contribution >= 0.6 is 0 Å². The van der Waals surface area contributed by atoms with Crippen LogP contribution in [-0.2, 0) is 0 Å². The maximum Gasteiger partial charge on any atom is 0.165 e. The molecular weight excluding hydrogens is 219 g/mol. The van der Waals surface area contributed by atoms with E-state index in [2.05, 4.69) is 0 Å². The van der Waals surface area contributed by atoms with Crippen molar-refractivity contribution in [3.63, 3.8) is 0 Å². The van der Waals surface area contributed by atoms with Gasteiger partial charge < -0.3 is 15.4 Å². The van der Waals surface area contributed by atoms with Gasteiger partial charge in [0.05, 0.1) is 6.10 Å². The molecule has 0 saturated carbocycles. The zero-order valence-electron chi connectivity index (χ0n) is 10.9. The Balaban J connectivity index is 2.81. The first-order valence-electron chi connectivity index (χ1n) is 5.76. The Labute approximate surface area is 102 Å². The van der Waals surface area contributed by atoms with Crippen molar-refractivity contribution < 1.29 is 9.13 Å². The molecular formula is C13H21FN2O. The first-order chi connectivity index (χ1) is 7.90. The van der Waals surface area contributed by atoms with Gasteiger partial charge in [0.25, 0.3) is 0 Å². The lowest BCUT2D eigenvalue weighted by Crippen LogP contribution is -2.26. The SMILES string of the molecule is CC(C)Oc1ccc(C(N)CN(C)C)cc1F. The highest BCUT2D eigenvalue weighted by atomic mass is 19.1. The molecule has 0 saturated heterocycles. The van der Waals surface area contributed by atoms with Crippen molar-refractivity contribution in [2.45, 2.75) is 26.0 Å². The van der Waals surface area contributed by atoms with Crippen LogP contribution in [0.15, 0.2) is 18.2 Å². The van der Waals surface area contributed by atoms with Crippen molar-refractivity contribution in [1.29, 1.82) is 0 Å². The number of halogens is 1. The van der Waals surface area contributed by atoms with Gasteiger partial charge in [0.1, 0.15) is 0 Å². The van der Waals surface area contributed by atoms with E-state index in [1.807, 2.05) is 38.9 Å². The molecule has 0 aliphatic carbocycles. The Morgan fingerprint density at radius 2 is 2.00 bits per heavy atom. The van der Waals surface area contributed by atoms with Crippen LogP contribution in [0.25, 0.3) is 0 Å². The first-order valence-corrected chi connectivity index (χ1v) is 5.76. The Kier molecular flexibility index (Phi) is 4.90. The fourth-order valence-electron chi connectivity index (χ4n) is 1.60. The Morgan fingerprint density at radius 1 is 1.35 bits per heavy atom. The van der Waals surface area contributed by atoms with Gasteiger partial charge in [-0.2, -0.15) is 0 Å². The van der Waals surface area contributed by atoms with Gasteiger partial charge in [-0.25, -0.2) is 4.39 Å². The molecule has 1 atom stereocenters. The molecule has 1 aromatic carbocycles. The van der Waals surface area contributed by atoms with Crippen molar-refractivity contribution in [2.75, 3.05) is 20.6 Å². The lowest BCUT2D eigenvalue weighted by Gasteiger charge is -2.18. The number of nitrogens with zero attached hydrogens (tertiary/aromatic N) is 1. The predicted octanol–water partition coefficient (Wildman–Crippen LogP) is 2.17. The maximum absolute atomic E-state index is 13.7. The van der Waals surface area contributed by atoms with Gasteiger partial charge in [-0.15, -0.1) is 0 Å². The van der Waals surface area contributed by atoms with Crippen molar-refractivity contribution >= 4 is 0 Å². The van der Waals surface area contributed by atoms with Crippen LogP contribution in [0.4, 0.5) is 4.39 Å². The molecule has 0 amide bonds. The summed E-state index contributed by atoms with van der Waals surface area (Å²) in [4.78, 5) is 1.97. The predicted molar refractivity (Wildman–Crippen MR) is 67.6 cm³/mol. The highest BCUT2D eigenvalue weighted by molar-refractivity contribution is 5.31.